The van der Waals surface area contributed by atoms with Crippen molar-refractivity contribution in [2.75, 3.05) is 31.6 Å². The number of nitrogens with one attached hydrogen (secondary N) is 1. The maximum atomic E-state index is 13.9. The third kappa shape index (κ3) is 9.34. The molecule has 0 amide bonds. The van der Waals surface area contributed by atoms with E-state index in [1.54, 1.807) is 24.3 Å². The lowest BCUT2D eigenvalue weighted by Crippen LogP contribution is -2.52. The lowest BCUT2D eigenvalue weighted by molar-refractivity contribution is -0.605. The summed E-state index contributed by atoms with van der Waals surface area (Å²) < 4.78 is 49.8. The van der Waals surface area contributed by atoms with Gasteiger partial charge in [0, 0.05) is 24.2 Å². The minimum Gasteiger partial charge on any atom is -0.619 e. The van der Waals surface area contributed by atoms with Crippen molar-refractivity contribution in [1.82, 2.24) is 4.90 Å². The highest BCUT2D eigenvalue weighted by Gasteiger charge is 2.38. The van der Waals surface area contributed by atoms with Crippen LogP contribution < -0.4 is 19.5 Å². The van der Waals surface area contributed by atoms with Crippen molar-refractivity contribution >= 4 is 40.8 Å². The first-order valence-corrected chi connectivity index (χ1v) is 18.7. The van der Waals surface area contributed by atoms with E-state index in [9.17, 15) is 23.6 Å². The number of benzene rings is 3. The Labute approximate surface area is 321 Å². The minimum atomic E-state index is -3.09. The van der Waals surface area contributed by atoms with Gasteiger partial charge in [0.05, 0.1) is 12.2 Å². The van der Waals surface area contributed by atoms with Gasteiger partial charge in [-0.2, -0.15) is 13.5 Å². The highest BCUT2D eigenvalue weighted by molar-refractivity contribution is 6.35. The molecule has 4 heterocycles. The molecule has 0 spiro atoms. The summed E-state index contributed by atoms with van der Waals surface area (Å²) >= 11 is 12.9. The number of ether oxygens (including phenoxy) is 4. The van der Waals surface area contributed by atoms with E-state index in [1.807, 2.05) is 30.3 Å². The van der Waals surface area contributed by atoms with Gasteiger partial charge in [-0.25, -0.2) is 9.59 Å². The van der Waals surface area contributed by atoms with Gasteiger partial charge in [-0.15, -0.1) is 0 Å². The fourth-order valence-electron chi connectivity index (χ4n) is 6.95. The second-order valence-electron chi connectivity index (χ2n) is 13.9. The molecule has 0 radical (unpaired) electrons. The van der Waals surface area contributed by atoms with Crippen LogP contribution in [0.25, 0.3) is 0 Å². The standard InChI is InChI=1S/C40H39Cl2F2N3O7/c41-31-20-47(50)21-32(42)30(31)19-34(27-11-12-33(54-40(43)44)35(18-27)51-23-24-9-10-24)52-38(48)28-7-4-8-29(17-28)45-37(26-5-2-1-3-6-26)39(49)53-36-22-46-15-13-25(36)14-16-46/h1-8,11-12,17-18,20-21,24-25,34,36-37,40,45H,9-10,13-16,19,22-23H2/t34-,36-,37+/m0/s1. The number of anilines is 1. The molecular formula is C40H39Cl2F2N3O7. The zero-order chi connectivity index (χ0) is 37.8. The topological polar surface area (TPSA) is 113 Å². The van der Waals surface area contributed by atoms with E-state index in [0.29, 0.717) is 52.1 Å². The van der Waals surface area contributed by atoms with Crippen molar-refractivity contribution in [3.8, 4) is 11.5 Å². The van der Waals surface area contributed by atoms with E-state index in [2.05, 4.69) is 10.2 Å². The maximum absolute atomic E-state index is 13.9. The second kappa shape index (κ2) is 16.8. The maximum Gasteiger partial charge on any atom is 0.387 e. The molecule has 14 heteroatoms. The number of esters is 2. The van der Waals surface area contributed by atoms with Crippen LogP contribution in [0.1, 0.15) is 64.9 Å². The molecule has 4 aliphatic rings. The van der Waals surface area contributed by atoms with E-state index in [0.717, 1.165) is 51.2 Å². The lowest BCUT2D eigenvalue weighted by Gasteiger charge is -2.44. The minimum absolute atomic E-state index is 0.0460. The summed E-state index contributed by atoms with van der Waals surface area (Å²) in [4.78, 5) is 30.0. The van der Waals surface area contributed by atoms with E-state index in [-0.39, 0.29) is 39.6 Å². The largest absolute Gasteiger partial charge is 0.619 e. The third-order valence-corrected chi connectivity index (χ3v) is 10.7. The molecule has 4 aromatic rings. The van der Waals surface area contributed by atoms with E-state index in [4.69, 9.17) is 42.1 Å². The molecule has 4 fully saturated rings. The van der Waals surface area contributed by atoms with Crippen LogP contribution in [0.15, 0.2) is 85.2 Å². The molecule has 1 N–H and O–H groups in total. The van der Waals surface area contributed by atoms with Crippen molar-refractivity contribution in [2.45, 2.75) is 57.0 Å². The number of hydrogen-bond acceptors (Lipinski definition) is 9. The summed E-state index contributed by atoms with van der Waals surface area (Å²) in [6.07, 6.45) is 4.87. The van der Waals surface area contributed by atoms with Gasteiger partial charge in [0.2, 0.25) is 0 Å². The van der Waals surface area contributed by atoms with Gasteiger partial charge >= 0.3 is 18.6 Å². The smallest absolute Gasteiger partial charge is 0.387 e. The molecule has 3 saturated heterocycles. The summed E-state index contributed by atoms with van der Waals surface area (Å²) in [5, 5.41) is 15.4. The molecule has 3 aliphatic heterocycles. The number of nitrogens with zero attached hydrogens (tertiary/aromatic N) is 2. The molecule has 8 rings (SSSR count). The summed E-state index contributed by atoms with van der Waals surface area (Å²) in [6, 6.07) is 19.2. The Balaban J connectivity index is 1.14. The number of aromatic nitrogens is 1. The Hall–Kier alpha value is -4.65. The van der Waals surface area contributed by atoms with Gasteiger partial charge in [-0.1, -0.05) is 65.7 Å². The van der Waals surface area contributed by atoms with Crippen LogP contribution in [0.2, 0.25) is 10.0 Å². The van der Waals surface area contributed by atoms with Crippen LogP contribution in [-0.4, -0.2) is 55.8 Å². The first kappa shape index (κ1) is 37.7. The zero-order valence-corrected chi connectivity index (χ0v) is 30.7. The Morgan fingerprint density at radius 2 is 1.65 bits per heavy atom. The number of fused-ring (bicyclic) bond motifs is 3. The lowest BCUT2D eigenvalue weighted by atomic mass is 9.86. The number of pyridine rings is 1. The Morgan fingerprint density at radius 3 is 2.31 bits per heavy atom. The van der Waals surface area contributed by atoms with Crippen LogP contribution in [0.3, 0.4) is 0 Å². The summed E-state index contributed by atoms with van der Waals surface area (Å²) in [5.74, 6) is -0.606. The van der Waals surface area contributed by atoms with Crippen LogP contribution in [0.4, 0.5) is 14.5 Å². The molecule has 284 valence electrons. The van der Waals surface area contributed by atoms with Crippen LogP contribution >= 0.6 is 23.2 Å². The number of halogens is 4. The monoisotopic (exact) mass is 781 g/mol. The van der Waals surface area contributed by atoms with Crippen molar-refractivity contribution in [3.05, 3.63) is 123 Å². The van der Waals surface area contributed by atoms with Gasteiger partial charge in [-0.3, -0.25) is 4.90 Å². The van der Waals surface area contributed by atoms with Crippen molar-refractivity contribution in [1.29, 1.82) is 0 Å². The highest BCUT2D eigenvalue weighted by Crippen LogP contribution is 2.38. The van der Waals surface area contributed by atoms with E-state index >= 15 is 0 Å². The van der Waals surface area contributed by atoms with Crippen molar-refractivity contribution < 1.29 is 42.0 Å². The Kier molecular flexibility index (Phi) is 11.7. The molecule has 3 aromatic carbocycles. The van der Waals surface area contributed by atoms with Crippen molar-refractivity contribution in [2.24, 2.45) is 11.8 Å². The summed E-state index contributed by atoms with van der Waals surface area (Å²) in [5.41, 5.74) is 2.05. The Morgan fingerprint density at radius 1 is 0.907 bits per heavy atom. The number of piperidine rings is 3. The van der Waals surface area contributed by atoms with Crippen LogP contribution in [0.5, 0.6) is 11.5 Å². The fraction of sp³-hybridized carbons (Fsp3) is 0.375. The van der Waals surface area contributed by atoms with Crippen molar-refractivity contribution in [3.63, 3.8) is 0 Å². The average Bonchev–Trinajstić information content (AvgIpc) is 4.00. The number of hydrogen-bond donors (Lipinski definition) is 1. The predicted molar refractivity (Wildman–Crippen MR) is 197 cm³/mol. The molecule has 0 unspecified atom stereocenters. The fourth-order valence-corrected chi connectivity index (χ4v) is 7.55. The summed E-state index contributed by atoms with van der Waals surface area (Å²) in [7, 11) is 0. The van der Waals surface area contributed by atoms with Gasteiger partial charge in [0.1, 0.15) is 22.3 Å². The van der Waals surface area contributed by atoms with E-state index < -0.39 is 30.7 Å². The number of rotatable bonds is 15. The normalized spacial score (nSPS) is 20.2. The molecular weight excluding hydrogens is 743 g/mol. The molecule has 10 nitrogen and oxygen atoms in total. The third-order valence-electron chi connectivity index (χ3n) is 10.1. The average molecular weight is 783 g/mol. The number of carbonyl (C=O) groups excluding carboxylic acids is 2. The van der Waals surface area contributed by atoms with Crippen LogP contribution in [-0.2, 0) is 20.7 Å². The molecule has 1 saturated carbocycles. The Bertz CT molecular complexity index is 1940. The molecule has 1 aromatic heterocycles. The second-order valence-corrected chi connectivity index (χ2v) is 14.7. The highest BCUT2D eigenvalue weighted by atomic mass is 35.5. The van der Waals surface area contributed by atoms with Gasteiger partial charge in [-0.05, 0) is 92.1 Å². The quantitative estimate of drug-likeness (QED) is 0.0730. The predicted octanol–water partition coefficient (Wildman–Crippen LogP) is 7.95. The molecule has 3 atom stereocenters. The molecule has 54 heavy (non-hydrogen) atoms. The number of carbonyl (C=O) groups is 2. The molecule has 2 bridgehead atoms. The summed E-state index contributed by atoms with van der Waals surface area (Å²) in [6.45, 7) is -0.0281. The van der Waals surface area contributed by atoms with E-state index in [1.165, 1.54) is 18.2 Å². The first-order chi connectivity index (χ1) is 26.1. The van der Waals surface area contributed by atoms with Gasteiger partial charge in [0.15, 0.2) is 29.9 Å². The number of alkyl halides is 2. The SMILES string of the molecule is O=C(O[C@@H](Cc1c(Cl)c[n+]([O-])cc1Cl)c1ccc(OC(F)F)c(OCC2CC2)c1)c1cccc(N[C@@H](C(=O)O[C@H]2CN3CCC2CC3)c2ccccc2)c1. The van der Waals surface area contributed by atoms with Gasteiger partial charge in [0.25, 0.3) is 0 Å². The zero-order valence-electron chi connectivity index (χ0n) is 29.2. The van der Waals surface area contributed by atoms with Gasteiger partial charge < -0.3 is 29.5 Å². The van der Waals surface area contributed by atoms with Crippen LogP contribution in [0, 0.1) is 17.0 Å². The molecule has 1 aliphatic carbocycles. The first-order valence-electron chi connectivity index (χ1n) is 17.9.